The summed E-state index contributed by atoms with van der Waals surface area (Å²) in [7, 11) is 1.36. The number of rotatable bonds is 8. The molecule has 0 aliphatic carbocycles. The quantitative estimate of drug-likeness (QED) is 0.326. The molecule has 0 atom stereocenters. The lowest BCUT2D eigenvalue weighted by Gasteiger charge is -2.09. The van der Waals surface area contributed by atoms with Crippen LogP contribution in [0.4, 0.5) is 20.3 Å². The molecule has 0 saturated heterocycles. The Kier molecular flexibility index (Phi) is 6.39. The van der Waals surface area contributed by atoms with Crippen molar-refractivity contribution >= 4 is 23.5 Å². The molecule has 3 aromatic rings. The van der Waals surface area contributed by atoms with Crippen LogP contribution in [0.2, 0.25) is 0 Å². The first-order valence-corrected chi connectivity index (χ1v) is 8.93. The van der Waals surface area contributed by atoms with Gasteiger partial charge in [0.2, 0.25) is 0 Å². The molecule has 0 aliphatic heterocycles. The average molecular weight is 420 g/mol. The van der Waals surface area contributed by atoms with Crippen molar-refractivity contribution in [3.8, 4) is 11.8 Å². The standard InChI is InChI=1S/C18H14F2N4O4S/c1-27-15-7-6-11(8-12(15)19)10-28-18-21-9-13(20)17(22-18)23-29-16-5-3-2-4-14(16)24(25)26/h2-9H,10H2,1H3,(H,21,22,23). The van der Waals surface area contributed by atoms with Crippen LogP contribution in [0.3, 0.4) is 0 Å². The number of halogens is 2. The van der Waals surface area contributed by atoms with Crippen LogP contribution in [0.1, 0.15) is 5.56 Å². The fourth-order valence-corrected chi connectivity index (χ4v) is 2.98. The monoisotopic (exact) mass is 420 g/mol. The van der Waals surface area contributed by atoms with E-state index in [1.54, 1.807) is 12.1 Å². The molecule has 0 saturated carbocycles. The van der Waals surface area contributed by atoms with Crippen molar-refractivity contribution in [2.75, 3.05) is 11.8 Å². The van der Waals surface area contributed by atoms with E-state index < -0.39 is 16.6 Å². The molecule has 150 valence electrons. The van der Waals surface area contributed by atoms with Crippen molar-refractivity contribution in [3.05, 3.63) is 76.0 Å². The Hall–Kier alpha value is -3.47. The average Bonchev–Trinajstić information content (AvgIpc) is 2.72. The van der Waals surface area contributed by atoms with Crippen LogP contribution < -0.4 is 14.2 Å². The van der Waals surface area contributed by atoms with Gasteiger partial charge in [-0.2, -0.15) is 4.98 Å². The van der Waals surface area contributed by atoms with Gasteiger partial charge in [0.25, 0.3) is 5.69 Å². The van der Waals surface area contributed by atoms with Gasteiger partial charge in [0.1, 0.15) is 11.5 Å². The van der Waals surface area contributed by atoms with Gasteiger partial charge in [0.15, 0.2) is 23.2 Å². The topological polar surface area (TPSA) is 99.4 Å². The molecular formula is C18H14F2N4O4S. The Balaban J connectivity index is 1.68. The van der Waals surface area contributed by atoms with E-state index in [4.69, 9.17) is 9.47 Å². The van der Waals surface area contributed by atoms with Gasteiger partial charge in [-0.1, -0.05) is 18.2 Å². The van der Waals surface area contributed by atoms with Gasteiger partial charge in [-0.15, -0.1) is 0 Å². The maximum atomic E-state index is 14.0. The minimum absolute atomic E-state index is 0.0523. The SMILES string of the molecule is COc1ccc(COc2ncc(F)c(NSc3ccccc3[N+](=O)[O-])n2)cc1F. The maximum absolute atomic E-state index is 14.0. The summed E-state index contributed by atoms with van der Waals surface area (Å²) in [6.45, 7) is -0.0523. The lowest BCUT2D eigenvalue weighted by atomic mass is 10.2. The fraction of sp³-hybridized carbons (Fsp3) is 0.111. The van der Waals surface area contributed by atoms with E-state index in [2.05, 4.69) is 14.7 Å². The summed E-state index contributed by atoms with van der Waals surface area (Å²) in [6, 6.07) is 10.2. The maximum Gasteiger partial charge on any atom is 0.318 e. The van der Waals surface area contributed by atoms with E-state index in [0.29, 0.717) is 5.56 Å². The van der Waals surface area contributed by atoms with Gasteiger partial charge in [-0.3, -0.25) is 10.1 Å². The Labute approximate surface area is 168 Å². The zero-order valence-corrected chi connectivity index (χ0v) is 15.8. The molecule has 0 fully saturated rings. The summed E-state index contributed by atoms with van der Waals surface area (Å²) in [5.41, 5.74) is 0.373. The lowest BCUT2D eigenvalue weighted by Crippen LogP contribution is -2.04. The Morgan fingerprint density at radius 2 is 2.00 bits per heavy atom. The van der Waals surface area contributed by atoms with Crippen molar-refractivity contribution in [2.24, 2.45) is 0 Å². The number of anilines is 1. The number of para-hydroxylation sites is 1. The highest BCUT2D eigenvalue weighted by Crippen LogP contribution is 2.30. The van der Waals surface area contributed by atoms with Crippen LogP contribution in [-0.2, 0) is 6.61 Å². The number of methoxy groups -OCH3 is 1. The van der Waals surface area contributed by atoms with Crippen molar-refractivity contribution in [1.29, 1.82) is 0 Å². The lowest BCUT2D eigenvalue weighted by molar-refractivity contribution is -0.387. The molecule has 3 rings (SSSR count). The van der Waals surface area contributed by atoms with Crippen molar-refractivity contribution in [1.82, 2.24) is 9.97 Å². The van der Waals surface area contributed by atoms with E-state index in [-0.39, 0.29) is 34.8 Å². The largest absolute Gasteiger partial charge is 0.494 e. The first-order valence-electron chi connectivity index (χ1n) is 8.12. The number of hydrogen-bond acceptors (Lipinski definition) is 8. The third-order valence-electron chi connectivity index (χ3n) is 3.63. The number of ether oxygens (including phenoxy) is 2. The highest BCUT2D eigenvalue weighted by molar-refractivity contribution is 8.00. The highest BCUT2D eigenvalue weighted by atomic mass is 32.2. The van der Waals surface area contributed by atoms with E-state index in [0.717, 1.165) is 18.1 Å². The van der Waals surface area contributed by atoms with Crippen LogP contribution in [0.15, 0.2) is 53.6 Å². The van der Waals surface area contributed by atoms with Gasteiger partial charge in [0, 0.05) is 6.07 Å². The minimum atomic E-state index is -0.765. The predicted octanol–water partition coefficient (Wildman–Crippen LogP) is 4.37. The zero-order chi connectivity index (χ0) is 20.8. The summed E-state index contributed by atoms with van der Waals surface area (Å²) >= 11 is 0.831. The molecule has 0 unspecified atom stereocenters. The second kappa shape index (κ2) is 9.15. The Morgan fingerprint density at radius 3 is 2.72 bits per heavy atom. The van der Waals surface area contributed by atoms with Crippen LogP contribution in [0, 0.1) is 21.7 Å². The summed E-state index contributed by atoms with van der Waals surface area (Å²) in [4.78, 5) is 18.4. The second-order valence-corrected chi connectivity index (χ2v) is 6.38. The Bertz CT molecular complexity index is 1040. The number of nitrogens with one attached hydrogen (secondary N) is 1. The Morgan fingerprint density at radius 1 is 1.21 bits per heavy atom. The molecule has 11 heteroatoms. The van der Waals surface area contributed by atoms with E-state index in [1.807, 2.05) is 0 Å². The number of benzene rings is 2. The summed E-state index contributed by atoms with van der Waals surface area (Å²) < 4.78 is 40.5. The summed E-state index contributed by atoms with van der Waals surface area (Å²) in [5.74, 6) is -1.42. The van der Waals surface area contributed by atoms with Gasteiger partial charge < -0.3 is 14.2 Å². The molecule has 2 aromatic carbocycles. The van der Waals surface area contributed by atoms with Crippen molar-refractivity contribution in [2.45, 2.75) is 11.5 Å². The van der Waals surface area contributed by atoms with E-state index >= 15 is 0 Å². The van der Waals surface area contributed by atoms with E-state index in [9.17, 15) is 18.9 Å². The van der Waals surface area contributed by atoms with Crippen molar-refractivity contribution in [3.63, 3.8) is 0 Å². The van der Waals surface area contributed by atoms with Gasteiger partial charge in [0.05, 0.1) is 18.2 Å². The molecule has 1 heterocycles. The number of nitro benzene ring substituents is 1. The molecule has 0 radical (unpaired) electrons. The predicted molar refractivity (Wildman–Crippen MR) is 102 cm³/mol. The molecule has 0 aliphatic rings. The molecule has 0 spiro atoms. The van der Waals surface area contributed by atoms with E-state index in [1.165, 1.54) is 37.4 Å². The smallest absolute Gasteiger partial charge is 0.318 e. The second-order valence-electron chi connectivity index (χ2n) is 5.54. The fourth-order valence-electron chi connectivity index (χ4n) is 2.24. The van der Waals surface area contributed by atoms with Gasteiger partial charge >= 0.3 is 6.01 Å². The molecule has 8 nitrogen and oxygen atoms in total. The van der Waals surface area contributed by atoms with Crippen LogP contribution >= 0.6 is 11.9 Å². The van der Waals surface area contributed by atoms with Crippen LogP contribution in [0.5, 0.6) is 11.8 Å². The number of nitrogens with zero attached hydrogens (tertiary/aromatic N) is 3. The molecule has 0 amide bonds. The first kappa shape index (κ1) is 20.3. The normalized spacial score (nSPS) is 10.4. The third kappa shape index (κ3) is 5.08. The van der Waals surface area contributed by atoms with Crippen LogP contribution in [-0.4, -0.2) is 22.0 Å². The third-order valence-corrected chi connectivity index (χ3v) is 4.49. The molecule has 29 heavy (non-hydrogen) atoms. The zero-order valence-electron chi connectivity index (χ0n) is 15.0. The molecule has 0 bridgehead atoms. The number of nitro groups is 1. The minimum Gasteiger partial charge on any atom is -0.494 e. The molecule has 1 aromatic heterocycles. The summed E-state index contributed by atoms with van der Waals surface area (Å²) in [6.07, 6.45) is 0.902. The summed E-state index contributed by atoms with van der Waals surface area (Å²) in [5, 5.41) is 11.0. The first-order chi connectivity index (χ1) is 14.0. The van der Waals surface area contributed by atoms with Gasteiger partial charge in [-0.25, -0.2) is 13.8 Å². The van der Waals surface area contributed by atoms with Gasteiger partial charge in [-0.05, 0) is 35.7 Å². The van der Waals surface area contributed by atoms with Crippen LogP contribution in [0.25, 0.3) is 0 Å². The number of aromatic nitrogens is 2. The molecular weight excluding hydrogens is 406 g/mol. The van der Waals surface area contributed by atoms with Crippen molar-refractivity contribution < 1.29 is 23.2 Å². The number of hydrogen-bond donors (Lipinski definition) is 1. The highest BCUT2D eigenvalue weighted by Gasteiger charge is 2.15. The molecule has 1 N–H and O–H groups in total.